The zero-order chi connectivity index (χ0) is 14.8. The van der Waals surface area contributed by atoms with Crippen molar-refractivity contribution in [3.8, 4) is 5.75 Å². The average Bonchev–Trinajstić information content (AvgIpc) is 2.49. The fourth-order valence-electron chi connectivity index (χ4n) is 2.74. The lowest BCUT2D eigenvalue weighted by atomic mass is 9.98. The van der Waals surface area contributed by atoms with Gasteiger partial charge in [-0.25, -0.2) is 0 Å². The minimum Gasteiger partial charge on any atom is -0.497 e. The van der Waals surface area contributed by atoms with Gasteiger partial charge in [0.15, 0.2) is 0 Å². The number of nitrogens with one attached hydrogen (secondary N) is 1. The van der Waals surface area contributed by atoms with Crippen molar-refractivity contribution in [1.82, 2.24) is 4.90 Å². The van der Waals surface area contributed by atoms with E-state index in [4.69, 9.17) is 4.74 Å². The Bertz CT molecular complexity index is 657. The van der Waals surface area contributed by atoms with Gasteiger partial charge < -0.3 is 15.0 Å². The van der Waals surface area contributed by atoms with E-state index in [2.05, 4.69) is 70.2 Å². The van der Waals surface area contributed by atoms with Crippen molar-refractivity contribution in [1.29, 1.82) is 0 Å². The van der Waals surface area contributed by atoms with Crippen LogP contribution in [0.1, 0.15) is 11.1 Å². The number of halogens is 1. The fraction of sp³-hybridized carbons (Fsp3) is 0.294. The van der Waals surface area contributed by atoms with Gasteiger partial charge in [0, 0.05) is 28.4 Å². The van der Waals surface area contributed by atoms with Gasteiger partial charge in [-0.2, -0.15) is 0 Å². The summed E-state index contributed by atoms with van der Waals surface area (Å²) in [4.78, 5) is 2.36. The molecule has 0 atom stereocenters. The Kier molecular flexibility index (Phi) is 4.35. The minimum absolute atomic E-state index is 0.877. The van der Waals surface area contributed by atoms with Crippen molar-refractivity contribution in [2.24, 2.45) is 0 Å². The van der Waals surface area contributed by atoms with Crippen LogP contribution in [-0.4, -0.2) is 25.6 Å². The molecular formula is C17H19IN2O. The molecule has 1 N–H and O–H groups in total. The summed E-state index contributed by atoms with van der Waals surface area (Å²) < 4.78 is 6.52. The smallest absolute Gasteiger partial charge is 0.121 e. The van der Waals surface area contributed by atoms with E-state index in [0.29, 0.717) is 0 Å². The highest BCUT2D eigenvalue weighted by Gasteiger charge is 2.16. The molecule has 0 radical (unpaired) electrons. The number of methoxy groups -OCH3 is 1. The Morgan fingerprint density at radius 1 is 1.19 bits per heavy atom. The molecule has 0 unspecified atom stereocenters. The molecule has 2 aromatic carbocycles. The Morgan fingerprint density at radius 3 is 2.86 bits per heavy atom. The summed E-state index contributed by atoms with van der Waals surface area (Å²) in [7, 11) is 3.88. The van der Waals surface area contributed by atoms with Gasteiger partial charge in [0.2, 0.25) is 0 Å². The average molecular weight is 394 g/mol. The quantitative estimate of drug-likeness (QED) is 0.796. The second-order valence-electron chi connectivity index (χ2n) is 5.40. The van der Waals surface area contributed by atoms with Crippen molar-refractivity contribution in [3.05, 3.63) is 51.1 Å². The van der Waals surface area contributed by atoms with Crippen LogP contribution in [0.4, 0.5) is 11.4 Å². The summed E-state index contributed by atoms with van der Waals surface area (Å²) in [6.07, 6.45) is 1.09. The summed E-state index contributed by atoms with van der Waals surface area (Å²) in [5.74, 6) is 0.877. The van der Waals surface area contributed by atoms with Gasteiger partial charge in [0.1, 0.15) is 5.75 Å². The zero-order valence-corrected chi connectivity index (χ0v) is 14.5. The van der Waals surface area contributed by atoms with Gasteiger partial charge in [0.05, 0.1) is 12.8 Å². The molecule has 0 aromatic heterocycles. The first kappa shape index (κ1) is 14.7. The lowest BCUT2D eigenvalue weighted by Gasteiger charge is -2.27. The summed E-state index contributed by atoms with van der Waals surface area (Å²) in [6.45, 7) is 2.14. The topological polar surface area (TPSA) is 24.5 Å². The first-order valence-corrected chi connectivity index (χ1v) is 8.15. The molecule has 0 fully saturated rings. The number of rotatable bonds is 3. The van der Waals surface area contributed by atoms with Crippen LogP contribution in [0.3, 0.4) is 0 Å². The summed E-state index contributed by atoms with van der Waals surface area (Å²) in [6, 6.07) is 12.6. The highest BCUT2D eigenvalue weighted by atomic mass is 127. The number of ether oxygens (including phenoxy) is 1. The van der Waals surface area contributed by atoms with Crippen LogP contribution in [0.2, 0.25) is 0 Å². The van der Waals surface area contributed by atoms with Gasteiger partial charge >= 0.3 is 0 Å². The number of benzene rings is 2. The Balaban J connectivity index is 1.94. The number of likely N-dealkylation sites (N-methyl/N-ethyl adjacent to an activating group) is 1. The molecule has 0 bridgehead atoms. The molecule has 2 aromatic rings. The van der Waals surface area contributed by atoms with Crippen molar-refractivity contribution in [2.75, 3.05) is 26.0 Å². The summed E-state index contributed by atoms with van der Waals surface area (Å²) in [5, 5.41) is 3.58. The van der Waals surface area contributed by atoms with Gasteiger partial charge in [0.25, 0.3) is 0 Å². The zero-order valence-electron chi connectivity index (χ0n) is 12.3. The minimum atomic E-state index is 0.877. The van der Waals surface area contributed by atoms with E-state index in [9.17, 15) is 0 Å². The molecule has 4 heteroatoms. The molecule has 1 aliphatic heterocycles. The fourth-order valence-corrected chi connectivity index (χ4v) is 3.21. The molecule has 3 rings (SSSR count). The van der Waals surface area contributed by atoms with E-state index in [1.165, 1.54) is 20.4 Å². The largest absolute Gasteiger partial charge is 0.497 e. The highest BCUT2D eigenvalue weighted by molar-refractivity contribution is 14.1. The van der Waals surface area contributed by atoms with Crippen LogP contribution in [0.15, 0.2) is 36.4 Å². The molecule has 0 spiro atoms. The third-order valence-electron chi connectivity index (χ3n) is 3.90. The first-order chi connectivity index (χ1) is 10.2. The Hall–Kier alpha value is -1.27. The number of hydrogen-bond donors (Lipinski definition) is 1. The van der Waals surface area contributed by atoms with Gasteiger partial charge in [-0.15, -0.1) is 0 Å². The van der Waals surface area contributed by atoms with Crippen LogP contribution >= 0.6 is 22.6 Å². The van der Waals surface area contributed by atoms with Crippen LogP contribution in [0, 0.1) is 3.57 Å². The molecule has 3 nitrogen and oxygen atoms in total. The van der Waals surface area contributed by atoms with Crippen molar-refractivity contribution >= 4 is 34.0 Å². The molecule has 0 amide bonds. The standard InChI is InChI=1S/C17H19IN2O/c1-20-9-8-14-12(11-20)4-3-5-16(14)19-17-10-13(21-2)6-7-15(17)18/h3-7,10,19H,8-9,11H2,1-2H3. The lowest BCUT2D eigenvalue weighted by molar-refractivity contribution is 0.313. The highest BCUT2D eigenvalue weighted by Crippen LogP contribution is 2.31. The molecule has 1 aliphatic rings. The first-order valence-electron chi connectivity index (χ1n) is 7.07. The molecule has 0 saturated carbocycles. The maximum Gasteiger partial charge on any atom is 0.121 e. The molecule has 0 aliphatic carbocycles. The molecule has 1 heterocycles. The summed E-state index contributed by atoms with van der Waals surface area (Å²) in [5.41, 5.74) is 5.18. The van der Waals surface area contributed by atoms with Crippen molar-refractivity contribution in [3.63, 3.8) is 0 Å². The van der Waals surface area contributed by atoms with Gasteiger partial charge in [-0.3, -0.25) is 0 Å². The van der Waals surface area contributed by atoms with E-state index in [1.54, 1.807) is 7.11 Å². The SMILES string of the molecule is COc1ccc(I)c(Nc2cccc3c2CCN(C)C3)c1. The predicted octanol–water partition coefficient (Wildman–Crippen LogP) is 4.03. The molecule has 110 valence electrons. The number of nitrogens with zero attached hydrogens (tertiary/aromatic N) is 1. The van der Waals surface area contributed by atoms with E-state index in [0.717, 1.165) is 30.9 Å². The van der Waals surface area contributed by atoms with E-state index in [-0.39, 0.29) is 0 Å². The monoisotopic (exact) mass is 394 g/mol. The lowest BCUT2D eigenvalue weighted by Crippen LogP contribution is -2.27. The maximum atomic E-state index is 5.32. The number of hydrogen-bond acceptors (Lipinski definition) is 3. The van der Waals surface area contributed by atoms with Crippen LogP contribution in [-0.2, 0) is 13.0 Å². The normalized spacial score (nSPS) is 14.6. The second kappa shape index (κ2) is 6.23. The molecule has 21 heavy (non-hydrogen) atoms. The predicted molar refractivity (Wildman–Crippen MR) is 95.5 cm³/mol. The van der Waals surface area contributed by atoms with Crippen LogP contribution in [0.5, 0.6) is 5.75 Å². The van der Waals surface area contributed by atoms with Gasteiger partial charge in [-0.05, 0) is 65.4 Å². The second-order valence-corrected chi connectivity index (χ2v) is 6.56. The molecular weight excluding hydrogens is 375 g/mol. The third-order valence-corrected chi connectivity index (χ3v) is 4.84. The van der Waals surface area contributed by atoms with Crippen molar-refractivity contribution < 1.29 is 4.74 Å². The molecule has 0 saturated heterocycles. The third kappa shape index (κ3) is 3.16. The van der Waals surface area contributed by atoms with Crippen LogP contribution in [0.25, 0.3) is 0 Å². The van der Waals surface area contributed by atoms with E-state index < -0.39 is 0 Å². The Morgan fingerprint density at radius 2 is 2.05 bits per heavy atom. The Labute approximate surface area is 139 Å². The van der Waals surface area contributed by atoms with Crippen molar-refractivity contribution in [2.45, 2.75) is 13.0 Å². The maximum absolute atomic E-state index is 5.32. The van der Waals surface area contributed by atoms with E-state index >= 15 is 0 Å². The van der Waals surface area contributed by atoms with Crippen LogP contribution < -0.4 is 10.1 Å². The van der Waals surface area contributed by atoms with Gasteiger partial charge in [-0.1, -0.05) is 12.1 Å². The summed E-state index contributed by atoms with van der Waals surface area (Å²) >= 11 is 2.35. The number of anilines is 2. The van der Waals surface area contributed by atoms with E-state index in [1.807, 2.05) is 6.07 Å². The number of fused-ring (bicyclic) bond motifs is 1.